The fraction of sp³-hybridized carbons (Fsp3) is 0.462. The molecule has 2 aromatic heterocycles. The van der Waals surface area contributed by atoms with Crippen LogP contribution in [0.2, 0.25) is 0 Å². The zero-order valence-electron chi connectivity index (χ0n) is 14.9. The van der Waals surface area contributed by atoms with Crippen molar-refractivity contribution in [3.63, 3.8) is 0 Å². The van der Waals surface area contributed by atoms with E-state index in [0.717, 1.165) is 0 Å². The lowest BCUT2D eigenvalue weighted by molar-refractivity contribution is -0.0894. The molecule has 4 rings (SSSR count). The number of nitrogen functional groups attached to an aromatic ring is 1. The Kier molecular flexibility index (Phi) is 4.23. The molecule has 2 aliphatic heterocycles. The molecule has 0 bridgehead atoms. The minimum atomic E-state index is -3.96. The summed E-state index contributed by atoms with van der Waals surface area (Å²) in [6, 6.07) is 0. The second-order valence-electron chi connectivity index (χ2n) is 6.38. The number of ether oxygens (including phenoxy) is 1. The van der Waals surface area contributed by atoms with E-state index < -0.39 is 41.3 Å². The second-order valence-corrected chi connectivity index (χ2v) is 8.92. The fourth-order valence-electron chi connectivity index (χ4n) is 3.40. The number of hydrogen-bond acceptors (Lipinski definition) is 10. The van der Waals surface area contributed by atoms with E-state index in [2.05, 4.69) is 9.97 Å². The number of nitrogens with two attached hydrogens (primary N) is 2. The first-order chi connectivity index (χ1) is 13.2. The summed E-state index contributed by atoms with van der Waals surface area (Å²) in [6.07, 6.45) is 0.0702. The Hall–Kier alpha value is -1.23. The quantitative estimate of drug-likeness (QED) is 0.458. The van der Waals surface area contributed by atoms with Crippen LogP contribution in [-0.4, -0.2) is 50.3 Å². The first-order valence-corrected chi connectivity index (χ1v) is 10.0. The number of nitrogens with zero attached hydrogens (tertiary/aromatic N) is 3. The summed E-state index contributed by atoms with van der Waals surface area (Å²) in [5.74, 6) is 0.176. The summed E-state index contributed by atoms with van der Waals surface area (Å²) in [5, 5.41) is 11.6. The van der Waals surface area contributed by atoms with Crippen molar-refractivity contribution in [1.82, 2.24) is 14.5 Å². The zero-order chi connectivity index (χ0) is 20.3. The van der Waals surface area contributed by atoms with Crippen LogP contribution in [0.25, 0.3) is 11.0 Å². The van der Waals surface area contributed by atoms with Gasteiger partial charge in [0.15, 0.2) is 6.23 Å². The van der Waals surface area contributed by atoms with Gasteiger partial charge in [0.25, 0.3) is 0 Å². The Morgan fingerprint density at radius 1 is 1.67 bits per heavy atom. The van der Waals surface area contributed by atoms with Crippen LogP contribution in [0.1, 0.15) is 18.7 Å². The van der Waals surface area contributed by atoms with Gasteiger partial charge in [-0.25, -0.2) is 14.5 Å². The molecule has 2 aromatic rings. The van der Waals surface area contributed by atoms with Gasteiger partial charge in [0.1, 0.15) is 40.6 Å². The molecule has 14 heteroatoms. The smallest absolute Gasteiger partial charge is 0.389 e. The van der Waals surface area contributed by atoms with Crippen molar-refractivity contribution >= 4 is 51.3 Å². The molecular formula is C13H17N5O6P2S. The molecule has 0 amide bonds. The minimum Gasteiger partial charge on any atom is -0.389 e. The molecule has 0 aromatic carbocycles. The van der Waals surface area contributed by atoms with E-state index in [0.29, 0.717) is 16.6 Å². The van der Waals surface area contributed by atoms with Gasteiger partial charge < -0.3 is 25.9 Å². The van der Waals surface area contributed by atoms with Gasteiger partial charge >= 0.3 is 7.82 Å². The Bertz CT molecular complexity index is 1010. The molecule has 4 heterocycles. The molecule has 27 heavy (non-hydrogen) atoms. The van der Waals surface area contributed by atoms with E-state index in [1.165, 1.54) is 17.8 Å². The normalized spacial score (nSPS) is 37.0. The molecule has 11 nitrogen and oxygen atoms in total. The number of phosphoric ester groups is 1. The number of anilines is 1. The maximum atomic E-state index is 12.4. The Morgan fingerprint density at radius 3 is 3.15 bits per heavy atom. The van der Waals surface area contributed by atoms with Crippen LogP contribution < -0.4 is 11.5 Å². The van der Waals surface area contributed by atoms with Crippen molar-refractivity contribution in [1.29, 1.82) is 1.28 Å². The molecule has 6 atom stereocenters. The van der Waals surface area contributed by atoms with E-state index in [1.807, 2.05) is 0 Å². The third-order valence-electron chi connectivity index (χ3n) is 4.63. The summed E-state index contributed by atoms with van der Waals surface area (Å²) in [5.41, 5.74) is 10.9. The largest absolute Gasteiger partial charge is 0.478 e. The van der Waals surface area contributed by atoms with Crippen molar-refractivity contribution in [2.24, 2.45) is 5.73 Å². The molecule has 0 aliphatic carbocycles. The Morgan fingerprint density at radius 2 is 2.44 bits per heavy atom. The van der Waals surface area contributed by atoms with E-state index in [-0.39, 0.29) is 17.4 Å². The number of phosphoric acid groups is 1. The monoisotopic (exact) mass is 434 g/mol. The third-order valence-corrected chi connectivity index (χ3v) is 6.69. The van der Waals surface area contributed by atoms with Gasteiger partial charge in [-0.3, -0.25) is 13.4 Å². The van der Waals surface area contributed by atoms with E-state index in [9.17, 15) is 9.67 Å². The van der Waals surface area contributed by atoms with Crippen molar-refractivity contribution in [3.8, 4) is 0 Å². The third kappa shape index (κ3) is 2.88. The maximum Gasteiger partial charge on any atom is 0.478 e. The average molecular weight is 434 g/mol. The van der Waals surface area contributed by atoms with Gasteiger partial charge in [-0.2, -0.15) is 0 Å². The number of rotatable bonds is 4. The number of aliphatic hydroxyl groups is 1. The molecule has 2 saturated heterocycles. The molecule has 2 fully saturated rings. The summed E-state index contributed by atoms with van der Waals surface area (Å²) >= 11 is 5.09. The molecule has 2 aliphatic rings. The number of fused-ring (bicyclic) bond motifs is 2. The molecule has 146 valence electrons. The number of thiocarbonyl (C=S) groups is 1. The van der Waals surface area contributed by atoms with Gasteiger partial charge in [-0.1, -0.05) is 12.2 Å². The molecule has 0 spiro atoms. The Labute approximate surface area is 162 Å². The first kappa shape index (κ1) is 17.8. The van der Waals surface area contributed by atoms with Gasteiger partial charge in [0.05, 0.1) is 13.3 Å². The van der Waals surface area contributed by atoms with Crippen LogP contribution in [-0.2, 0) is 22.7 Å². The predicted molar refractivity (Wildman–Crippen MR) is 102 cm³/mol. The molecule has 0 saturated carbocycles. The lowest BCUT2D eigenvalue weighted by Crippen LogP contribution is -2.47. The van der Waals surface area contributed by atoms with E-state index in [1.54, 1.807) is 6.20 Å². The highest BCUT2D eigenvalue weighted by atomic mass is 32.1. The van der Waals surface area contributed by atoms with Crippen LogP contribution in [0, 0.1) is 0 Å². The standard InChI is InChI=1S/C13H17N5O6P2S/c1-13(19)8-6(3-21-26(20,23-8)24-25)22-12(13)18-2-5(10(15)27)7-9(14)16-4-17-11(7)18/h2,4,6,8,12,19H,3,25H2,1H3,(H2,15,27)(H2,14,16,17)/t6-,8-,12-,13-,26?/m1/s1/i25D/t6-,8-,12-,13-,25?,26?. The fourth-order valence-corrected chi connectivity index (χ4v) is 4.95. The molecule has 5 N–H and O–H groups in total. The second kappa shape index (κ2) is 6.40. The predicted octanol–water partition coefficient (Wildman–Crippen LogP) is 0.626. The van der Waals surface area contributed by atoms with Crippen molar-refractivity contribution in [2.45, 2.75) is 31.0 Å². The van der Waals surface area contributed by atoms with Crippen LogP contribution in [0.3, 0.4) is 0 Å². The average Bonchev–Trinajstić information content (AvgIpc) is 3.12. The van der Waals surface area contributed by atoms with Crippen molar-refractivity contribution in [3.05, 3.63) is 18.1 Å². The molecular weight excluding hydrogens is 416 g/mol. The van der Waals surface area contributed by atoms with Crippen LogP contribution in [0.4, 0.5) is 5.82 Å². The van der Waals surface area contributed by atoms with E-state index in [4.69, 9.17) is 43.1 Å². The summed E-state index contributed by atoms with van der Waals surface area (Å²) in [6.45, 7) is 1.33. The van der Waals surface area contributed by atoms with Crippen molar-refractivity contribution in [2.75, 3.05) is 12.3 Å². The van der Waals surface area contributed by atoms with Crippen LogP contribution in [0.15, 0.2) is 12.5 Å². The van der Waals surface area contributed by atoms with Gasteiger partial charge in [0, 0.05) is 21.2 Å². The lowest BCUT2D eigenvalue weighted by Gasteiger charge is -2.34. The van der Waals surface area contributed by atoms with Crippen LogP contribution in [0.5, 0.6) is 0 Å². The maximum absolute atomic E-state index is 12.4. The Balaban J connectivity index is 1.78. The van der Waals surface area contributed by atoms with E-state index >= 15 is 0 Å². The summed E-state index contributed by atoms with van der Waals surface area (Å²) < 4.78 is 42.3. The molecule has 2 unspecified atom stereocenters. The van der Waals surface area contributed by atoms with Crippen LogP contribution >= 0.6 is 29.5 Å². The summed E-state index contributed by atoms with van der Waals surface area (Å²) in [4.78, 5) is 8.26. The lowest BCUT2D eigenvalue weighted by atomic mass is 9.96. The highest BCUT2D eigenvalue weighted by Gasteiger charge is 2.60. The first-order valence-electron chi connectivity index (χ1n) is 8.25. The van der Waals surface area contributed by atoms with Gasteiger partial charge in [0.2, 0.25) is 0 Å². The molecule has 0 radical (unpaired) electrons. The highest BCUT2D eigenvalue weighted by Crippen LogP contribution is 2.60. The number of hydrogen-bond donors (Lipinski definition) is 3. The zero-order valence-corrected chi connectivity index (χ0v) is 16.6. The summed E-state index contributed by atoms with van der Waals surface area (Å²) in [7, 11) is -4.81. The minimum absolute atomic E-state index is 0.0780. The number of aromatic nitrogens is 3. The van der Waals surface area contributed by atoms with Gasteiger partial charge in [-0.15, -0.1) is 0 Å². The van der Waals surface area contributed by atoms with Crippen molar-refractivity contribution < 1.29 is 27.8 Å². The topological polar surface area (TPSA) is 157 Å². The SMILES string of the molecule is [2H]POP1(=O)OC[C@H]2O[C@@H](n3cc(C(N)=S)c4c(N)ncnc43)[C@](C)(O)[C@@H]2O1. The van der Waals surface area contributed by atoms with Gasteiger partial charge in [-0.05, 0) is 6.92 Å². The highest BCUT2D eigenvalue weighted by molar-refractivity contribution is 7.80.